The monoisotopic (exact) mass is 290 g/mol. The number of Topliss-reactive ketones (excluding diaryl/α,β-unsaturated/α-hetero) is 1. The molecule has 0 bridgehead atoms. The zero-order valence-corrected chi connectivity index (χ0v) is 12.7. The number of hydrogen-bond acceptors (Lipinski definition) is 3. The molecule has 1 aromatic rings. The minimum Gasteiger partial charge on any atom is -0.397 e. The fraction of sp³-hybridized carbons (Fsp3) is 0.250. The summed E-state index contributed by atoms with van der Waals surface area (Å²) in [6.07, 6.45) is 6.85. The van der Waals surface area contributed by atoms with Gasteiger partial charge in [-0.25, -0.2) is 0 Å². The zero-order chi connectivity index (χ0) is 15.3. The van der Waals surface area contributed by atoms with Crippen LogP contribution in [0.1, 0.15) is 36.8 Å². The van der Waals surface area contributed by atoms with Gasteiger partial charge in [0, 0.05) is 22.7 Å². The molecule has 0 atom stereocenters. The van der Waals surface area contributed by atoms with Gasteiger partial charge in [0.25, 0.3) is 0 Å². The van der Waals surface area contributed by atoms with Crippen LogP contribution in [-0.2, 0) is 0 Å². The minimum absolute atomic E-state index is 0.0595. The van der Waals surface area contributed by atoms with Crippen molar-refractivity contribution < 1.29 is 4.79 Å². The maximum absolute atomic E-state index is 11.9. The van der Waals surface area contributed by atoms with Crippen LogP contribution in [0, 0.1) is 5.92 Å². The summed E-state index contributed by atoms with van der Waals surface area (Å²) < 4.78 is 0. The molecule has 0 aliphatic rings. The molecular weight excluding hydrogens is 272 g/mol. The van der Waals surface area contributed by atoms with Crippen molar-refractivity contribution in [2.75, 3.05) is 5.73 Å². The van der Waals surface area contributed by atoms with E-state index in [1.807, 2.05) is 26.8 Å². The molecule has 0 saturated carbocycles. The van der Waals surface area contributed by atoms with Gasteiger partial charge in [0.2, 0.25) is 0 Å². The molecule has 1 rings (SSSR count). The molecular formula is C16H19ClN2O. The van der Waals surface area contributed by atoms with Gasteiger partial charge in [0.15, 0.2) is 5.78 Å². The Morgan fingerprint density at radius 1 is 1.50 bits per heavy atom. The van der Waals surface area contributed by atoms with Crippen molar-refractivity contribution in [3.05, 3.63) is 53.4 Å². The summed E-state index contributed by atoms with van der Waals surface area (Å²) in [4.78, 5) is 16.1. The van der Waals surface area contributed by atoms with E-state index >= 15 is 0 Å². The van der Waals surface area contributed by atoms with Gasteiger partial charge in [-0.1, -0.05) is 44.2 Å². The summed E-state index contributed by atoms with van der Waals surface area (Å²) in [5.74, 6) is -0.192. The molecule has 0 saturated heterocycles. The van der Waals surface area contributed by atoms with Crippen molar-refractivity contribution in [1.82, 2.24) is 4.98 Å². The Bertz CT molecular complexity index is 586. The fourth-order valence-corrected chi connectivity index (χ4v) is 1.78. The number of nitrogens with two attached hydrogens (primary N) is 1. The van der Waals surface area contributed by atoms with E-state index in [9.17, 15) is 4.79 Å². The predicted molar refractivity (Wildman–Crippen MR) is 85.6 cm³/mol. The molecule has 0 unspecified atom stereocenters. The first-order chi connectivity index (χ1) is 9.40. The summed E-state index contributed by atoms with van der Waals surface area (Å²) in [6.45, 7) is 9.14. The number of carbonyl (C=O) groups excluding carboxylic acids is 1. The number of rotatable bonds is 5. The number of nitrogen functional groups attached to an aromatic ring is 1. The van der Waals surface area contributed by atoms with Crippen LogP contribution in [0.15, 0.2) is 42.1 Å². The van der Waals surface area contributed by atoms with Crippen LogP contribution >= 0.6 is 11.6 Å². The van der Waals surface area contributed by atoms with Gasteiger partial charge in [-0.3, -0.25) is 9.78 Å². The first-order valence-corrected chi connectivity index (χ1v) is 6.74. The molecule has 0 amide bonds. The number of hydrogen-bond donors (Lipinski definition) is 1. The number of anilines is 1. The van der Waals surface area contributed by atoms with Crippen LogP contribution in [0.25, 0.3) is 5.57 Å². The number of nitrogens with zero attached hydrogens (tertiary/aromatic N) is 1. The normalized spacial score (nSPS) is 12.7. The Hall–Kier alpha value is -1.87. The van der Waals surface area contributed by atoms with Crippen LogP contribution < -0.4 is 5.73 Å². The molecule has 1 aromatic heterocycles. The molecule has 20 heavy (non-hydrogen) atoms. The lowest BCUT2D eigenvalue weighted by Crippen LogP contribution is -2.12. The van der Waals surface area contributed by atoms with E-state index in [-0.39, 0.29) is 11.7 Å². The lowest BCUT2D eigenvalue weighted by atomic mass is 10.0. The highest BCUT2D eigenvalue weighted by Crippen LogP contribution is 2.23. The lowest BCUT2D eigenvalue weighted by Gasteiger charge is -2.09. The molecule has 0 aliphatic carbocycles. The third-order valence-corrected chi connectivity index (χ3v) is 3.07. The minimum atomic E-state index is -0.132. The third kappa shape index (κ3) is 3.81. The summed E-state index contributed by atoms with van der Waals surface area (Å²) in [7, 11) is 0. The molecule has 1 heterocycles. The van der Waals surface area contributed by atoms with Gasteiger partial charge in [-0.05, 0) is 24.6 Å². The Morgan fingerprint density at radius 2 is 2.15 bits per heavy atom. The summed E-state index contributed by atoms with van der Waals surface area (Å²) >= 11 is 5.95. The highest BCUT2D eigenvalue weighted by atomic mass is 35.5. The number of carbonyl (C=O) groups is 1. The summed E-state index contributed by atoms with van der Waals surface area (Å²) in [6, 6.07) is 1.74. The van der Waals surface area contributed by atoms with Crippen LogP contribution in [0.4, 0.5) is 5.69 Å². The van der Waals surface area contributed by atoms with Gasteiger partial charge in [-0.2, -0.15) is 0 Å². The first-order valence-electron chi connectivity index (χ1n) is 6.36. The van der Waals surface area contributed by atoms with E-state index in [0.717, 1.165) is 11.1 Å². The smallest absolute Gasteiger partial charge is 0.185 e. The molecule has 0 aromatic carbocycles. The Balaban J connectivity index is 3.21. The number of aromatic nitrogens is 1. The predicted octanol–water partition coefficient (Wildman–Crippen LogP) is 4.21. The van der Waals surface area contributed by atoms with Gasteiger partial charge in [0.05, 0.1) is 5.69 Å². The van der Waals surface area contributed by atoms with Gasteiger partial charge in [-0.15, -0.1) is 0 Å². The van der Waals surface area contributed by atoms with E-state index in [4.69, 9.17) is 17.3 Å². The third-order valence-electron chi connectivity index (χ3n) is 2.81. The number of allylic oxidation sites excluding steroid dienone is 5. The molecule has 3 nitrogen and oxygen atoms in total. The van der Waals surface area contributed by atoms with Crippen molar-refractivity contribution in [2.45, 2.75) is 20.8 Å². The lowest BCUT2D eigenvalue weighted by molar-refractivity contribution is 0.0935. The maximum Gasteiger partial charge on any atom is 0.185 e. The largest absolute Gasteiger partial charge is 0.397 e. The van der Waals surface area contributed by atoms with E-state index < -0.39 is 0 Å². The fourth-order valence-electron chi connectivity index (χ4n) is 1.66. The van der Waals surface area contributed by atoms with Crippen molar-refractivity contribution in [3.8, 4) is 0 Å². The standard InChI is InChI=1S/C16H19ClN2O/c1-5-11(7-13(17)6-2)12-8-14(18)15(19-9-12)16(20)10(3)4/h5-10H,2,18H2,1,3-4H3/b11-5+,13-7+. The van der Waals surface area contributed by atoms with Crippen LogP contribution in [0.5, 0.6) is 0 Å². The second-order valence-corrected chi connectivity index (χ2v) is 5.09. The van der Waals surface area contributed by atoms with Crippen molar-refractivity contribution >= 4 is 28.6 Å². The van der Waals surface area contributed by atoms with E-state index in [1.165, 1.54) is 0 Å². The molecule has 0 aliphatic heterocycles. The second-order valence-electron chi connectivity index (χ2n) is 4.66. The summed E-state index contributed by atoms with van der Waals surface area (Å²) in [5.41, 5.74) is 8.31. The Kier molecular flexibility index (Phi) is 5.71. The van der Waals surface area contributed by atoms with Crippen LogP contribution in [-0.4, -0.2) is 10.8 Å². The Morgan fingerprint density at radius 3 is 2.60 bits per heavy atom. The molecule has 4 heteroatoms. The van der Waals surface area contributed by atoms with E-state index in [2.05, 4.69) is 11.6 Å². The number of halogens is 1. The quantitative estimate of drug-likeness (QED) is 0.652. The second kappa shape index (κ2) is 7.06. The van der Waals surface area contributed by atoms with Crippen molar-refractivity contribution in [3.63, 3.8) is 0 Å². The first kappa shape index (κ1) is 16.2. The van der Waals surface area contributed by atoms with E-state index in [1.54, 1.807) is 24.4 Å². The molecule has 2 N–H and O–H groups in total. The molecule has 0 spiro atoms. The van der Waals surface area contributed by atoms with Gasteiger partial charge < -0.3 is 5.73 Å². The van der Waals surface area contributed by atoms with Crippen molar-refractivity contribution in [1.29, 1.82) is 0 Å². The van der Waals surface area contributed by atoms with Crippen LogP contribution in [0.3, 0.4) is 0 Å². The van der Waals surface area contributed by atoms with Crippen molar-refractivity contribution in [2.24, 2.45) is 5.92 Å². The number of pyridine rings is 1. The Labute approximate surface area is 124 Å². The number of ketones is 1. The highest BCUT2D eigenvalue weighted by molar-refractivity contribution is 6.31. The van der Waals surface area contributed by atoms with Gasteiger partial charge in [0.1, 0.15) is 5.69 Å². The average molecular weight is 291 g/mol. The molecule has 0 fully saturated rings. The maximum atomic E-state index is 11.9. The van der Waals surface area contributed by atoms with Crippen LogP contribution in [0.2, 0.25) is 0 Å². The average Bonchev–Trinajstić information content (AvgIpc) is 2.43. The molecule has 106 valence electrons. The van der Waals surface area contributed by atoms with Gasteiger partial charge >= 0.3 is 0 Å². The van der Waals surface area contributed by atoms with E-state index in [0.29, 0.717) is 16.4 Å². The topological polar surface area (TPSA) is 56.0 Å². The summed E-state index contributed by atoms with van der Waals surface area (Å²) in [5, 5.41) is 0.527. The molecule has 0 radical (unpaired) electrons. The highest BCUT2D eigenvalue weighted by Gasteiger charge is 2.16. The SMILES string of the molecule is C=C/C(Cl)=C\C(=C/C)c1cnc(C(=O)C(C)C)c(N)c1. The zero-order valence-electron chi connectivity index (χ0n) is 12.0.